The first-order chi connectivity index (χ1) is 18.8. The van der Waals surface area contributed by atoms with Crippen molar-refractivity contribution in [1.29, 1.82) is 5.26 Å². The molecule has 4 aromatic carbocycles. The smallest absolute Gasteiger partial charge is 0.311 e. The molecule has 1 amide bonds. The molecule has 194 valence electrons. The van der Waals surface area contributed by atoms with Crippen LogP contribution in [0.5, 0.6) is 17.2 Å². The number of nitrogens with zero attached hydrogens (tertiary/aromatic N) is 1. The highest BCUT2D eigenvalue weighted by atomic mass is 16.5. The lowest BCUT2D eigenvalue weighted by Crippen LogP contribution is -2.21. The van der Waals surface area contributed by atoms with Gasteiger partial charge in [-0.05, 0) is 85.0 Å². The van der Waals surface area contributed by atoms with Crippen molar-refractivity contribution in [1.82, 2.24) is 0 Å². The summed E-state index contributed by atoms with van der Waals surface area (Å²) >= 11 is 0. The lowest BCUT2D eigenvalue weighted by atomic mass is 9.91. The number of hydrogen-bond acceptors (Lipinski definition) is 5. The Labute approximate surface area is 226 Å². The van der Waals surface area contributed by atoms with Crippen LogP contribution >= 0.6 is 0 Å². The van der Waals surface area contributed by atoms with Gasteiger partial charge in [0, 0.05) is 22.9 Å². The monoisotopic (exact) mass is 518 g/mol. The third-order valence-corrected chi connectivity index (χ3v) is 6.95. The van der Waals surface area contributed by atoms with Gasteiger partial charge >= 0.3 is 5.97 Å². The predicted molar refractivity (Wildman–Crippen MR) is 147 cm³/mol. The van der Waals surface area contributed by atoms with Crippen LogP contribution in [0.3, 0.4) is 0 Å². The van der Waals surface area contributed by atoms with Crippen molar-refractivity contribution in [2.24, 2.45) is 0 Å². The second-order valence-corrected chi connectivity index (χ2v) is 9.43. The number of carboxylic acid groups (broad SMARTS) is 1. The Hall–Kier alpha value is -5.09. The molecule has 0 radical (unpaired) electrons. The molecule has 7 nitrogen and oxygen atoms in total. The number of carboxylic acids is 1. The fraction of sp³-hybridized carbons (Fsp3) is 0.156. The number of fused-ring (bicyclic) bond motifs is 1. The highest BCUT2D eigenvalue weighted by Gasteiger charge is 2.29. The van der Waals surface area contributed by atoms with Gasteiger partial charge in [0.25, 0.3) is 5.91 Å². The molecule has 2 N–H and O–H groups in total. The van der Waals surface area contributed by atoms with Crippen LogP contribution in [0, 0.1) is 25.2 Å². The van der Waals surface area contributed by atoms with E-state index in [1.54, 1.807) is 30.3 Å². The number of ether oxygens (including phenoxy) is 2. The standard InChI is InChI=1S/C32H26N2O5/c1-19-5-3-8-26(20(19)2)22-6-4-7-24(15-22)34-31(35)21-9-11-25(12-10-21)39-29-17-30-28(16-23(29)18-33)27(32(36)37)13-14-38-30/h3-12,15-17,27H,13-14H2,1-2H3,(H,34,35)(H,36,37). The number of aryl methyl sites for hydroxylation is 1. The van der Waals surface area contributed by atoms with Crippen molar-refractivity contribution >= 4 is 17.6 Å². The number of nitriles is 1. The number of anilines is 1. The molecule has 1 atom stereocenters. The minimum atomic E-state index is -0.956. The van der Waals surface area contributed by atoms with Gasteiger partial charge < -0.3 is 19.9 Å². The molecule has 7 heteroatoms. The van der Waals surface area contributed by atoms with E-state index >= 15 is 0 Å². The zero-order valence-corrected chi connectivity index (χ0v) is 21.5. The number of nitrogens with one attached hydrogen (secondary N) is 1. The highest BCUT2D eigenvalue weighted by Crippen LogP contribution is 2.39. The average Bonchev–Trinajstić information content (AvgIpc) is 2.94. The number of rotatable bonds is 6. The van der Waals surface area contributed by atoms with Gasteiger partial charge in [-0.2, -0.15) is 5.26 Å². The molecular weight excluding hydrogens is 492 g/mol. The topological polar surface area (TPSA) is 109 Å². The summed E-state index contributed by atoms with van der Waals surface area (Å²) in [6.07, 6.45) is 0.340. The van der Waals surface area contributed by atoms with Crippen LogP contribution in [-0.4, -0.2) is 23.6 Å². The van der Waals surface area contributed by atoms with E-state index in [9.17, 15) is 20.0 Å². The van der Waals surface area contributed by atoms with Crippen LogP contribution in [0.1, 0.15) is 45.0 Å². The lowest BCUT2D eigenvalue weighted by molar-refractivity contribution is -0.139. The summed E-state index contributed by atoms with van der Waals surface area (Å²) in [5.74, 6) is -0.883. The third kappa shape index (κ3) is 5.32. The molecule has 39 heavy (non-hydrogen) atoms. The Kier molecular flexibility index (Phi) is 7.02. The summed E-state index contributed by atoms with van der Waals surface area (Å²) in [5, 5.41) is 22.1. The molecule has 1 heterocycles. The van der Waals surface area contributed by atoms with Gasteiger partial charge in [-0.25, -0.2) is 0 Å². The maximum atomic E-state index is 12.9. The van der Waals surface area contributed by atoms with Crippen LogP contribution in [0.15, 0.2) is 78.9 Å². The van der Waals surface area contributed by atoms with Crippen LogP contribution in [0.2, 0.25) is 0 Å². The molecule has 0 fully saturated rings. The Morgan fingerprint density at radius 2 is 1.79 bits per heavy atom. The van der Waals surface area contributed by atoms with E-state index < -0.39 is 11.9 Å². The van der Waals surface area contributed by atoms with Crippen molar-refractivity contribution < 1.29 is 24.2 Å². The summed E-state index contributed by atoms with van der Waals surface area (Å²) in [7, 11) is 0. The van der Waals surface area contributed by atoms with E-state index in [0.29, 0.717) is 34.7 Å². The van der Waals surface area contributed by atoms with Crippen molar-refractivity contribution in [3.05, 3.63) is 107 Å². The second kappa shape index (κ2) is 10.7. The van der Waals surface area contributed by atoms with Gasteiger partial charge in [-0.15, -0.1) is 0 Å². The summed E-state index contributed by atoms with van der Waals surface area (Å²) in [4.78, 5) is 24.5. The number of aliphatic carboxylic acids is 1. The van der Waals surface area contributed by atoms with Gasteiger partial charge in [0.1, 0.15) is 23.3 Å². The van der Waals surface area contributed by atoms with Crippen molar-refractivity contribution in [3.63, 3.8) is 0 Å². The number of hydrogen-bond donors (Lipinski definition) is 2. The summed E-state index contributed by atoms with van der Waals surface area (Å²) < 4.78 is 11.6. The molecule has 0 bridgehead atoms. The number of carbonyl (C=O) groups excluding carboxylic acids is 1. The maximum Gasteiger partial charge on any atom is 0.311 e. The quantitative estimate of drug-likeness (QED) is 0.289. The van der Waals surface area contributed by atoms with Crippen molar-refractivity contribution in [3.8, 4) is 34.4 Å². The molecule has 0 aliphatic carbocycles. The van der Waals surface area contributed by atoms with Gasteiger partial charge in [-0.3, -0.25) is 9.59 Å². The Bertz CT molecular complexity index is 1620. The number of benzene rings is 4. The fourth-order valence-electron chi connectivity index (χ4n) is 4.68. The molecule has 5 rings (SSSR count). The highest BCUT2D eigenvalue weighted by molar-refractivity contribution is 6.04. The molecular formula is C32H26N2O5. The lowest BCUT2D eigenvalue weighted by Gasteiger charge is -2.24. The molecule has 1 aliphatic heterocycles. The second-order valence-electron chi connectivity index (χ2n) is 9.43. The summed E-state index contributed by atoms with van der Waals surface area (Å²) in [5.41, 5.74) is 6.35. The van der Waals surface area contributed by atoms with Crippen LogP contribution in [0.4, 0.5) is 5.69 Å². The zero-order valence-electron chi connectivity index (χ0n) is 21.5. The Morgan fingerprint density at radius 3 is 2.54 bits per heavy atom. The third-order valence-electron chi connectivity index (χ3n) is 6.95. The average molecular weight is 519 g/mol. The van der Waals surface area contributed by atoms with Gasteiger partial charge in [-0.1, -0.05) is 30.3 Å². The van der Waals surface area contributed by atoms with E-state index in [4.69, 9.17) is 9.47 Å². The first kappa shape index (κ1) is 25.6. The van der Waals surface area contributed by atoms with Gasteiger partial charge in [0.2, 0.25) is 0 Å². The summed E-state index contributed by atoms with van der Waals surface area (Å²) in [6, 6.07) is 25.6. The minimum Gasteiger partial charge on any atom is -0.493 e. The zero-order chi connectivity index (χ0) is 27.5. The van der Waals surface area contributed by atoms with Crippen LogP contribution in [-0.2, 0) is 4.79 Å². The molecule has 0 aromatic heterocycles. The fourth-order valence-corrected chi connectivity index (χ4v) is 4.68. The minimum absolute atomic E-state index is 0.205. The number of amides is 1. The summed E-state index contributed by atoms with van der Waals surface area (Å²) in [6.45, 7) is 4.43. The maximum absolute atomic E-state index is 12.9. The number of carbonyl (C=O) groups is 2. The predicted octanol–water partition coefficient (Wildman–Crippen LogP) is 6.84. The Morgan fingerprint density at radius 1 is 1.03 bits per heavy atom. The van der Waals surface area contributed by atoms with Crippen molar-refractivity contribution in [2.45, 2.75) is 26.2 Å². The van der Waals surface area contributed by atoms with E-state index in [1.807, 2.05) is 30.3 Å². The van der Waals surface area contributed by atoms with Crippen LogP contribution in [0.25, 0.3) is 11.1 Å². The first-order valence-corrected chi connectivity index (χ1v) is 12.5. The van der Waals surface area contributed by atoms with Crippen molar-refractivity contribution in [2.75, 3.05) is 11.9 Å². The van der Waals surface area contributed by atoms with Gasteiger partial charge in [0.15, 0.2) is 0 Å². The van der Waals surface area contributed by atoms with E-state index in [2.05, 4.69) is 37.4 Å². The molecule has 1 unspecified atom stereocenters. The molecule has 1 aliphatic rings. The SMILES string of the molecule is Cc1cccc(-c2cccc(NC(=O)c3ccc(Oc4cc5c(cc4C#N)C(C(=O)O)CCO5)cc3)c2)c1C. The van der Waals surface area contributed by atoms with E-state index in [0.717, 1.165) is 11.1 Å². The van der Waals surface area contributed by atoms with Crippen LogP contribution < -0.4 is 14.8 Å². The molecule has 0 saturated carbocycles. The van der Waals surface area contributed by atoms with Gasteiger partial charge in [0.05, 0.1) is 18.1 Å². The van der Waals surface area contributed by atoms with E-state index in [-0.39, 0.29) is 23.8 Å². The Balaban J connectivity index is 1.31. The largest absolute Gasteiger partial charge is 0.493 e. The van der Waals surface area contributed by atoms with E-state index in [1.165, 1.54) is 17.2 Å². The molecule has 4 aromatic rings. The molecule has 0 saturated heterocycles. The normalized spacial score (nSPS) is 13.9. The first-order valence-electron chi connectivity index (χ1n) is 12.5. The molecule has 0 spiro atoms.